The third kappa shape index (κ3) is 38.4. The van der Waals surface area contributed by atoms with Crippen LogP contribution in [-0.2, 0) is 19.0 Å². The van der Waals surface area contributed by atoms with Crippen molar-refractivity contribution in [2.24, 2.45) is 0 Å². The Kier molecular flexibility index (Phi) is 41.1. The van der Waals surface area contributed by atoms with Gasteiger partial charge in [-0.1, -0.05) is 162 Å². The van der Waals surface area contributed by atoms with Crippen LogP contribution in [0.15, 0.2) is 0 Å². The van der Waals surface area contributed by atoms with Crippen molar-refractivity contribution in [1.82, 2.24) is 4.90 Å². The van der Waals surface area contributed by atoms with Gasteiger partial charge in [0.25, 0.3) is 0 Å². The number of esters is 1. The van der Waals surface area contributed by atoms with E-state index in [1.54, 1.807) is 0 Å². The minimum atomic E-state index is -0.0207. The molecule has 0 amide bonds. The number of nitrogens with zero attached hydrogens (tertiary/aromatic N) is 1. The van der Waals surface area contributed by atoms with E-state index < -0.39 is 0 Å². The van der Waals surface area contributed by atoms with E-state index in [9.17, 15) is 9.90 Å². The molecule has 49 heavy (non-hydrogen) atoms. The lowest BCUT2D eigenvalue weighted by molar-refractivity contribution is -0.148. The van der Waals surface area contributed by atoms with Crippen molar-refractivity contribution in [1.29, 1.82) is 0 Å². The van der Waals surface area contributed by atoms with Gasteiger partial charge in [0.15, 0.2) is 6.29 Å². The molecule has 0 bridgehead atoms. The van der Waals surface area contributed by atoms with Gasteiger partial charge in [-0.25, -0.2) is 0 Å². The summed E-state index contributed by atoms with van der Waals surface area (Å²) in [6.07, 6.45) is 37.6. The van der Waals surface area contributed by atoms with Crippen LogP contribution in [0, 0.1) is 0 Å². The monoisotopic (exact) mass is 698 g/mol. The number of unbranched alkanes of at least 4 members (excludes halogenated alkanes) is 24. The van der Waals surface area contributed by atoms with Crippen LogP contribution < -0.4 is 0 Å². The van der Waals surface area contributed by atoms with Crippen LogP contribution in [0.4, 0.5) is 0 Å². The number of aliphatic hydroxyl groups is 1. The molecule has 0 aromatic rings. The van der Waals surface area contributed by atoms with Gasteiger partial charge in [0.05, 0.1) is 13.2 Å². The largest absolute Gasteiger partial charge is 0.466 e. The summed E-state index contributed by atoms with van der Waals surface area (Å²) < 4.78 is 17.8. The average molecular weight is 698 g/mol. The number of rotatable bonds is 42. The van der Waals surface area contributed by atoms with Crippen LogP contribution in [0.5, 0.6) is 0 Å². The molecule has 0 rings (SSSR count). The smallest absolute Gasteiger partial charge is 0.305 e. The molecule has 0 heterocycles. The molecular formula is C43H87NO5. The van der Waals surface area contributed by atoms with Crippen LogP contribution in [-0.4, -0.2) is 68.3 Å². The number of carbonyl (C=O) groups excluding carboxylic acids is 1. The summed E-state index contributed by atoms with van der Waals surface area (Å²) >= 11 is 0. The second-order valence-corrected chi connectivity index (χ2v) is 14.7. The van der Waals surface area contributed by atoms with Crippen molar-refractivity contribution in [3.8, 4) is 0 Å². The van der Waals surface area contributed by atoms with Crippen molar-refractivity contribution in [2.45, 2.75) is 226 Å². The van der Waals surface area contributed by atoms with Crippen LogP contribution in [0.3, 0.4) is 0 Å². The predicted octanol–water partition coefficient (Wildman–Crippen LogP) is 12.3. The second kappa shape index (κ2) is 41.7. The van der Waals surface area contributed by atoms with E-state index in [1.807, 2.05) is 0 Å². The normalized spacial score (nSPS) is 11.7. The molecule has 0 unspecified atom stereocenters. The summed E-state index contributed by atoms with van der Waals surface area (Å²) in [5.41, 5.74) is 0. The zero-order chi connectivity index (χ0) is 35.7. The molecule has 0 radical (unpaired) electrons. The molecule has 0 aliphatic carbocycles. The van der Waals surface area contributed by atoms with Gasteiger partial charge in [-0.2, -0.15) is 0 Å². The molecule has 0 aromatic heterocycles. The van der Waals surface area contributed by atoms with Gasteiger partial charge in [-0.05, 0) is 64.5 Å². The first-order valence-electron chi connectivity index (χ1n) is 21.9. The van der Waals surface area contributed by atoms with E-state index in [0.717, 1.165) is 77.8 Å². The van der Waals surface area contributed by atoms with E-state index >= 15 is 0 Å². The molecule has 294 valence electrons. The van der Waals surface area contributed by atoms with Crippen molar-refractivity contribution >= 4 is 5.97 Å². The number of ether oxygens (including phenoxy) is 3. The fourth-order valence-corrected chi connectivity index (χ4v) is 6.52. The number of carbonyl (C=O) groups is 1. The van der Waals surface area contributed by atoms with Crippen LogP contribution in [0.2, 0.25) is 0 Å². The van der Waals surface area contributed by atoms with Gasteiger partial charge in [0.1, 0.15) is 0 Å². The van der Waals surface area contributed by atoms with E-state index in [4.69, 9.17) is 14.2 Å². The van der Waals surface area contributed by atoms with Crippen molar-refractivity contribution in [2.75, 3.05) is 46.1 Å². The Morgan fingerprint density at radius 1 is 0.469 bits per heavy atom. The van der Waals surface area contributed by atoms with E-state index in [2.05, 4.69) is 25.7 Å². The van der Waals surface area contributed by atoms with Crippen molar-refractivity contribution in [3.05, 3.63) is 0 Å². The molecule has 0 aromatic carbocycles. The summed E-state index contributed by atoms with van der Waals surface area (Å²) in [4.78, 5) is 14.2. The van der Waals surface area contributed by atoms with Crippen LogP contribution in [0.1, 0.15) is 220 Å². The fourth-order valence-electron chi connectivity index (χ4n) is 6.52. The summed E-state index contributed by atoms with van der Waals surface area (Å²) in [5, 5.41) is 9.57. The molecular weight excluding hydrogens is 610 g/mol. The third-order valence-electron chi connectivity index (χ3n) is 9.80. The van der Waals surface area contributed by atoms with Gasteiger partial charge in [-0.15, -0.1) is 0 Å². The lowest BCUT2D eigenvalue weighted by atomic mass is 10.1. The number of aliphatic hydroxyl groups excluding tert-OH is 1. The molecule has 0 aliphatic rings. The molecule has 1 N–H and O–H groups in total. The molecule has 0 saturated carbocycles. The summed E-state index contributed by atoms with van der Waals surface area (Å²) in [6.45, 7) is 12.3. The molecule has 6 nitrogen and oxygen atoms in total. The minimum absolute atomic E-state index is 0.0146. The van der Waals surface area contributed by atoms with E-state index in [0.29, 0.717) is 13.0 Å². The standard InChI is InChI=1S/C43H87NO5/c1-4-7-10-13-23-31-40-48-43(49-41-32-24-14-11-8-5-2)34-27-20-19-22-29-36-44(37-38-45)35-28-21-17-15-16-18-25-30-39-47-42(46)33-26-12-9-6-3/h43,45H,4-41H2,1-3H3. The molecule has 0 atom stereocenters. The van der Waals surface area contributed by atoms with Gasteiger partial charge in [0.2, 0.25) is 0 Å². The Morgan fingerprint density at radius 3 is 1.33 bits per heavy atom. The maximum absolute atomic E-state index is 11.7. The lowest BCUT2D eigenvalue weighted by Gasteiger charge is -2.21. The molecule has 0 saturated heterocycles. The first-order valence-corrected chi connectivity index (χ1v) is 21.9. The quantitative estimate of drug-likeness (QED) is 0.0389. The Morgan fingerprint density at radius 2 is 0.857 bits per heavy atom. The van der Waals surface area contributed by atoms with E-state index in [1.165, 1.54) is 148 Å². The molecule has 6 heteroatoms. The summed E-state index contributed by atoms with van der Waals surface area (Å²) in [5.74, 6) is -0.0146. The lowest BCUT2D eigenvalue weighted by Crippen LogP contribution is -2.29. The highest BCUT2D eigenvalue weighted by Gasteiger charge is 2.10. The summed E-state index contributed by atoms with van der Waals surface area (Å²) in [7, 11) is 0. The Hall–Kier alpha value is -0.690. The minimum Gasteiger partial charge on any atom is -0.466 e. The predicted molar refractivity (Wildman–Crippen MR) is 210 cm³/mol. The zero-order valence-electron chi connectivity index (χ0n) is 33.5. The highest BCUT2D eigenvalue weighted by Crippen LogP contribution is 2.15. The Labute approximate surface area is 306 Å². The Balaban J connectivity index is 3.90. The molecule has 0 aliphatic heterocycles. The van der Waals surface area contributed by atoms with Gasteiger partial charge in [-0.3, -0.25) is 4.79 Å². The zero-order valence-corrected chi connectivity index (χ0v) is 33.5. The van der Waals surface area contributed by atoms with Crippen LogP contribution in [0.25, 0.3) is 0 Å². The first-order chi connectivity index (χ1) is 24.2. The number of hydrogen-bond acceptors (Lipinski definition) is 6. The highest BCUT2D eigenvalue weighted by atomic mass is 16.7. The van der Waals surface area contributed by atoms with Crippen molar-refractivity contribution in [3.63, 3.8) is 0 Å². The van der Waals surface area contributed by atoms with Crippen molar-refractivity contribution < 1.29 is 24.1 Å². The second-order valence-electron chi connectivity index (χ2n) is 14.7. The number of hydrogen-bond donors (Lipinski definition) is 1. The highest BCUT2D eigenvalue weighted by molar-refractivity contribution is 5.69. The topological polar surface area (TPSA) is 68.2 Å². The maximum Gasteiger partial charge on any atom is 0.305 e. The van der Waals surface area contributed by atoms with E-state index in [-0.39, 0.29) is 18.9 Å². The maximum atomic E-state index is 11.7. The van der Waals surface area contributed by atoms with Gasteiger partial charge >= 0.3 is 5.97 Å². The van der Waals surface area contributed by atoms with Crippen LogP contribution >= 0.6 is 0 Å². The van der Waals surface area contributed by atoms with Gasteiger partial charge < -0.3 is 24.2 Å². The summed E-state index contributed by atoms with van der Waals surface area (Å²) in [6, 6.07) is 0. The van der Waals surface area contributed by atoms with Gasteiger partial charge in [0, 0.05) is 26.2 Å². The third-order valence-corrected chi connectivity index (χ3v) is 9.80. The first kappa shape index (κ1) is 48.3. The molecule has 0 spiro atoms. The SMILES string of the molecule is CCCCCCCCOC(CCCCCCCN(CCO)CCCCCCCCCCOC(=O)CCCCCC)OCCCCCCCC. The Bertz CT molecular complexity index is 615. The fraction of sp³-hybridized carbons (Fsp3) is 0.977. The molecule has 0 fully saturated rings. The average Bonchev–Trinajstić information content (AvgIpc) is 3.10.